The first-order valence-electron chi connectivity index (χ1n) is 9.77. The summed E-state index contributed by atoms with van der Waals surface area (Å²) < 4.78 is 5.23. The summed E-state index contributed by atoms with van der Waals surface area (Å²) in [6.45, 7) is 4.31. The number of hydrogen-bond acceptors (Lipinski definition) is 4. The van der Waals surface area contributed by atoms with Gasteiger partial charge in [0.05, 0.1) is 39.3 Å². The molecule has 2 aliphatic rings. The standard InChI is InChI=1S/C22H26N4O2/c1-28-20-9-7-19(8-10-20)25-15-13-24(14-16-25)17-22(27)26-21(11-12-23-26)18-5-3-2-4-6-18/h2-12,21,23H,13-17H2,1H3/p+1/t21-/m0/s1. The number of ether oxygens (including phenoxy) is 1. The number of hydrogen-bond donors (Lipinski definition) is 2. The van der Waals surface area contributed by atoms with Crippen LogP contribution in [0.15, 0.2) is 66.9 Å². The lowest BCUT2D eigenvalue weighted by Gasteiger charge is -2.34. The molecule has 0 saturated carbocycles. The van der Waals surface area contributed by atoms with Crippen LogP contribution in [0.2, 0.25) is 0 Å². The molecule has 0 unspecified atom stereocenters. The van der Waals surface area contributed by atoms with Crippen molar-refractivity contribution in [2.45, 2.75) is 6.04 Å². The molecular weight excluding hydrogens is 352 g/mol. The maximum absolute atomic E-state index is 12.9. The highest BCUT2D eigenvalue weighted by molar-refractivity contribution is 5.78. The molecule has 28 heavy (non-hydrogen) atoms. The topological polar surface area (TPSA) is 49.3 Å². The van der Waals surface area contributed by atoms with Crippen LogP contribution in [0, 0.1) is 0 Å². The van der Waals surface area contributed by atoms with Crippen molar-refractivity contribution < 1.29 is 14.4 Å². The average Bonchev–Trinajstić information content (AvgIpc) is 3.25. The van der Waals surface area contributed by atoms with Gasteiger partial charge in [0.2, 0.25) is 0 Å². The predicted molar refractivity (Wildman–Crippen MR) is 109 cm³/mol. The predicted octanol–water partition coefficient (Wildman–Crippen LogP) is 1.00. The fourth-order valence-corrected chi connectivity index (χ4v) is 3.87. The summed E-state index contributed by atoms with van der Waals surface area (Å²) in [6, 6.07) is 18.3. The van der Waals surface area contributed by atoms with Crippen LogP contribution in [0.4, 0.5) is 5.69 Å². The molecule has 1 atom stereocenters. The van der Waals surface area contributed by atoms with E-state index in [1.165, 1.54) is 10.6 Å². The van der Waals surface area contributed by atoms with E-state index in [1.807, 2.05) is 42.6 Å². The van der Waals surface area contributed by atoms with Crippen LogP contribution in [0.1, 0.15) is 11.6 Å². The molecule has 2 aromatic rings. The summed E-state index contributed by atoms with van der Waals surface area (Å²) in [5.41, 5.74) is 5.44. The van der Waals surface area contributed by atoms with Gasteiger partial charge in [0.15, 0.2) is 6.54 Å². The highest BCUT2D eigenvalue weighted by Gasteiger charge is 2.30. The van der Waals surface area contributed by atoms with Crippen molar-refractivity contribution in [1.82, 2.24) is 10.4 Å². The van der Waals surface area contributed by atoms with Crippen molar-refractivity contribution >= 4 is 11.6 Å². The Hall–Kier alpha value is -2.99. The quantitative estimate of drug-likeness (QED) is 0.814. The summed E-state index contributed by atoms with van der Waals surface area (Å²) in [4.78, 5) is 16.6. The number of benzene rings is 2. The van der Waals surface area contributed by atoms with E-state index < -0.39 is 0 Å². The van der Waals surface area contributed by atoms with Crippen LogP contribution < -0.4 is 20.0 Å². The highest BCUT2D eigenvalue weighted by Crippen LogP contribution is 2.23. The van der Waals surface area contributed by atoms with E-state index in [4.69, 9.17) is 4.74 Å². The molecule has 6 heteroatoms. The second kappa shape index (κ2) is 8.35. The first-order chi connectivity index (χ1) is 13.7. The SMILES string of the molecule is COc1ccc(N2CC[NH+](CC(=O)N3NC=C[C@H]3c3ccccc3)CC2)cc1. The Labute approximate surface area is 166 Å². The lowest BCUT2D eigenvalue weighted by molar-refractivity contribution is -0.892. The van der Waals surface area contributed by atoms with Gasteiger partial charge in [-0.2, -0.15) is 0 Å². The third-order valence-electron chi connectivity index (χ3n) is 5.49. The molecule has 2 aliphatic heterocycles. The molecular formula is C22H27N4O2+. The van der Waals surface area contributed by atoms with Gasteiger partial charge in [-0.15, -0.1) is 0 Å². The van der Waals surface area contributed by atoms with E-state index in [-0.39, 0.29) is 11.9 Å². The highest BCUT2D eigenvalue weighted by atomic mass is 16.5. The molecule has 0 bridgehead atoms. The van der Waals surface area contributed by atoms with Gasteiger partial charge in [-0.05, 0) is 35.9 Å². The fourth-order valence-electron chi connectivity index (χ4n) is 3.87. The fraction of sp³-hybridized carbons (Fsp3) is 0.318. The Morgan fingerprint density at radius 3 is 2.50 bits per heavy atom. The molecule has 1 saturated heterocycles. The average molecular weight is 379 g/mol. The minimum absolute atomic E-state index is 0.0336. The zero-order valence-corrected chi connectivity index (χ0v) is 16.2. The first kappa shape index (κ1) is 18.4. The molecule has 0 aromatic heterocycles. The molecule has 0 radical (unpaired) electrons. The summed E-state index contributed by atoms with van der Waals surface area (Å²) in [6.07, 6.45) is 3.89. The number of rotatable bonds is 5. The van der Waals surface area contributed by atoms with Gasteiger partial charge in [-0.1, -0.05) is 30.3 Å². The molecule has 6 nitrogen and oxygen atoms in total. The van der Waals surface area contributed by atoms with E-state index in [2.05, 4.69) is 34.6 Å². The lowest BCUT2D eigenvalue weighted by Crippen LogP contribution is -3.16. The number of nitrogens with one attached hydrogen (secondary N) is 2. The molecule has 2 aromatic carbocycles. The lowest BCUT2D eigenvalue weighted by atomic mass is 10.1. The second-order valence-corrected chi connectivity index (χ2v) is 7.22. The molecule has 0 aliphatic carbocycles. The molecule has 4 rings (SSSR count). The van der Waals surface area contributed by atoms with Gasteiger partial charge in [0.25, 0.3) is 5.91 Å². The number of quaternary nitrogens is 1. The number of amides is 1. The Balaban J connectivity index is 1.31. The maximum Gasteiger partial charge on any atom is 0.296 e. The number of anilines is 1. The smallest absolute Gasteiger partial charge is 0.296 e. The summed E-state index contributed by atoms with van der Waals surface area (Å²) >= 11 is 0. The molecule has 1 amide bonds. The number of piperazine rings is 1. The van der Waals surface area contributed by atoms with Crippen LogP contribution in [0.25, 0.3) is 0 Å². The van der Waals surface area contributed by atoms with E-state index in [1.54, 1.807) is 12.1 Å². The first-order valence-corrected chi connectivity index (χ1v) is 9.77. The van der Waals surface area contributed by atoms with Crippen LogP contribution in [-0.4, -0.2) is 50.7 Å². The summed E-state index contributed by atoms with van der Waals surface area (Å²) in [5, 5.41) is 1.75. The Morgan fingerprint density at radius 1 is 1.11 bits per heavy atom. The zero-order valence-electron chi connectivity index (χ0n) is 16.2. The number of carbonyl (C=O) groups excluding carboxylic acids is 1. The molecule has 2 heterocycles. The number of methoxy groups -OCH3 is 1. The van der Waals surface area contributed by atoms with Crippen LogP contribution in [0.5, 0.6) is 5.75 Å². The largest absolute Gasteiger partial charge is 0.497 e. The molecule has 0 spiro atoms. The normalized spacial score (nSPS) is 19.5. The third-order valence-corrected chi connectivity index (χ3v) is 5.49. The van der Waals surface area contributed by atoms with Gasteiger partial charge in [0, 0.05) is 11.9 Å². The van der Waals surface area contributed by atoms with Crippen molar-refractivity contribution in [2.75, 3.05) is 44.7 Å². The minimum Gasteiger partial charge on any atom is -0.497 e. The third kappa shape index (κ3) is 3.97. The van der Waals surface area contributed by atoms with E-state index in [0.29, 0.717) is 6.54 Å². The summed E-state index contributed by atoms with van der Waals surface area (Å²) in [7, 11) is 1.68. The summed E-state index contributed by atoms with van der Waals surface area (Å²) in [5.74, 6) is 1.00. The zero-order chi connectivity index (χ0) is 19.3. The molecule has 146 valence electrons. The van der Waals surface area contributed by atoms with Crippen LogP contribution >= 0.6 is 0 Å². The Bertz CT molecular complexity index is 814. The second-order valence-electron chi connectivity index (χ2n) is 7.22. The Kier molecular flexibility index (Phi) is 5.48. The maximum atomic E-state index is 12.9. The van der Waals surface area contributed by atoms with Gasteiger partial charge >= 0.3 is 0 Å². The van der Waals surface area contributed by atoms with E-state index in [0.717, 1.165) is 37.5 Å². The van der Waals surface area contributed by atoms with Gasteiger partial charge in [-0.25, -0.2) is 5.01 Å². The van der Waals surface area contributed by atoms with Crippen molar-refractivity contribution in [3.63, 3.8) is 0 Å². The number of hydrazine groups is 1. The van der Waals surface area contributed by atoms with E-state index >= 15 is 0 Å². The molecule has 2 N–H and O–H groups in total. The van der Waals surface area contributed by atoms with Gasteiger partial charge in [-0.3, -0.25) is 4.79 Å². The van der Waals surface area contributed by atoms with Gasteiger partial charge < -0.3 is 20.0 Å². The van der Waals surface area contributed by atoms with Crippen molar-refractivity contribution in [3.05, 3.63) is 72.4 Å². The Morgan fingerprint density at radius 2 is 1.82 bits per heavy atom. The van der Waals surface area contributed by atoms with E-state index in [9.17, 15) is 4.79 Å². The monoisotopic (exact) mass is 379 g/mol. The van der Waals surface area contributed by atoms with Crippen molar-refractivity contribution in [2.24, 2.45) is 0 Å². The van der Waals surface area contributed by atoms with Crippen LogP contribution in [0.3, 0.4) is 0 Å². The van der Waals surface area contributed by atoms with Gasteiger partial charge in [0.1, 0.15) is 5.75 Å². The minimum atomic E-state index is -0.0336. The van der Waals surface area contributed by atoms with Crippen molar-refractivity contribution in [1.29, 1.82) is 0 Å². The van der Waals surface area contributed by atoms with Crippen LogP contribution in [-0.2, 0) is 4.79 Å². The van der Waals surface area contributed by atoms with Crippen molar-refractivity contribution in [3.8, 4) is 5.75 Å². The number of carbonyl (C=O) groups is 1. The molecule has 1 fully saturated rings. The number of nitrogens with zero attached hydrogens (tertiary/aromatic N) is 2.